The third-order valence-electron chi connectivity index (χ3n) is 3.05. The number of hydrogen-bond donors (Lipinski definition) is 1. The van der Waals surface area contributed by atoms with Gasteiger partial charge in [-0.15, -0.1) is 11.3 Å². The van der Waals surface area contributed by atoms with Crippen molar-refractivity contribution in [1.29, 1.82) is 0 Å². The third kappa shape index (κ3) is 3.69. The van der Waals surface area contributed by atoms with Crippen molar-refractivity contribution in [2.75, 3.05) is 6.54 Å². The number of benzene rings is 1. The summed E-state index contributed by atoms with van der Waals surface area (Å²) in [7, 11) is 0. The molecule has 19 heavy (non-hydrogen) atoms. The van der Waals surface area contributed by atoms with E-state index in [-0.39, 0.29) is 6.04 Å². The lowest BCUT2D eigenvalue weighted by Crippen LogP contribution is -2.23. The van der Waals surface area contributed by atoms with Crippen LogP contribution in [0.5, 0.6) is 0 Å². The summed E-state index contributed by atoms with van der Waals surface area (Å²) in [5, 5.41) is 3.65. The van der Waals surface area contributed by atoms with Crippen molar-refractivity contribution in [3.63, 3.8) is 0 Å². The van der Waals surface area contributed by atoms with Gasteiger partial charge in [0.15, 0.2) is 0 Å². The Hall–Kier alpha value is -0.160. The molecule has 0 aliphatic heterocycles. The van der Waals surface area contributed by atoms with Gasteiger partial charge in [0.05, 0.1) is 9.83 Å². The highest BCUT2D eigenvalue weighted by Gasteiger charge is 2.19. The largest absolute Gasteiger partial charge is 0.306 e. The highest BCUT2D eigenvalue weighted by Crippen LogP contribution is 2.36. The Morgan fingerprint density at radius 1 is 1.21 bits per heavy atom. The minimum atomic E-state index is 0.248. The van der Waals surface area contributed by atoms with Gasteiger partial charge >= 0.3 is 0 Å². The fraction of sp³-hybridized carbons (Fsp3) is 0.333. The Kier molecular flexibility index (Phi) is 5.63. The van der Waals surface area contributed by atoms with Crippen molar-refractivity contribution in [3.05, 3.63) is 54.6 Å². The highest BCUT2D eigenvalue weighted by atomic mass is 79.9. The molecule has 1 heterocycles. The Bertz CT molecular complexity index is 551. The quantitative estimate of drug-likeness (QED) is 0.679. The lowest BCUT2D eigenvalue weighted by Gasteiger charge is -2.20. The third-order valence-corrected chi connectivity index (χ3v) is 5.34. The number of aryl methyl sites for hydroxylation is 1. The molecule has 0 saturated heterocycles. The van der Waals surface area contributed by atoms with Crippen LogP contribution in [-0.4, -0.2) is 6.54 Å². The van der Waals surface area contributed by atoms with Crippen molar-refractivity contribution >= 4 is 43.2 Å². The van der Waals surface area contributed by atoms with E-state index in [2.05, 4.69) is 81.4 Å². The lowest BCUT2D eigenvalue weighted by atomic mass is 9.99. The summed E-state index contributed by atoms with van der Waals surface area (Å²) in [5.74, 6) is 0. The number of halogens is 2. The van der Waals surface area contributed by atoms with Crippen LogP contribution < -0.4 is 5.32 Å². The van der Waals surface area contributed by atoms with Crippen LogP contribution in [0.3, 0.4) is 0 Å². The fourth-order valence-electron chi connectivity index (χ4n) is 2.13. The second-order valence-electron chi connectivity index (χ2n) is 4.47. The SMILES string of the molecule is CCCNC(c1ccccc1Br)c1cc(Br)sc1C. The molecule has 0 amide bonds. The van der Waals surface area contributed by atoms with Crippen LogP contribution in [0.1, 0.15) is 35.4 Å². The van der Waals surface area contributed by atoms with Crippen molar-refractivity contribution in [2.24, 2.45) is 0 Å². The first-order valence-electron chi connectivity index (χ1n) is 6.37. The second-order valence-corrected chi connectivity index (χ2v) is 7.96. The summed E-state index contributed by atoms with van der Waals surface area (Å²) < 4.78 is 2.35. The first-order valence-corrected chi connectivity index (χ1v) is 8.77. The van der Waals surface area contributed by atoms with E-state index >= 15 is 0 Å². The van der Waals surface area contributed by atoms with Gasteiger partial charge in [-0.2, -0.15) is 0 Å². The lowest BCUT2D eigenvalue weighted by molar-refractivity contribution is 0.596. The van der Waals surface area contributed by atoms with Crippen LogP contribution in [0.2, 0.25) is 0 Å². The smallest absolute Gasteiger partial charge is 0.0704 e. The van der Waals surface area contributed by atoms with Crippen LogP contribution in [0.25, 0.3) is 0 Å². The zero-order valence-corrected chi connectivity index (χ0v) is 15.0. The first-order chi connectivity index (χ1) is 9.13. The molecule has 1 atom stereocenters. The summed E-state index contributed by atoms with van der Waals surface area (Å²) in [6.07, 6.45) is 1.13. The predicted octanol–water partition coefficient (Wildman–Crippen LogP) is 5.67. The van der Waals surface area contributed by atoms with Gasteiger partial charge in [-0.1, -0.05) is 41.1 Å². The maximum absolute atomic E-state index is 3.67. The van der Waals surface area contributed by atoms with Crippen LogP contribution in [0, 0.1) is 6.92 Å². The maximum Gasteiger partial charge on any atom is 0.0704 e. The molecule has 0 fully saturated rings. The summed E-state index contributed by atoms with van der Waals surface area (Å²) in [4.78, 5) is 1.36. The number of hydrogen-bond acceptors (Lipinski definition) is 2. The molecule has 102 valence electrons. The average molecular weight is 403 g/mol. The van der Waals surface area contributed by atoms with E-state index in [1.807, 2.05) is 0 Å². The van der Waals surface area contributed by atoms with E-state index in [0.29, 0.717) is 0 Å². The number of thiophene rings is 1. The molecule has 1 aromatic heterocycles. The van der Waals surface area contributed by atoms with Crippen LogP contribution in [0.15, 0.2) is 38.6 Å². The number of nitrogens with one attached hydrogen (secondary N) is 1. The summed E-state index contributed by atoms with van der Waals surface area (Å²) in [6, 6.07) is 10.9. The molecule has 4 heteroatoms. The highest BCUT2D eigenvalue weighted by molar-refractivity contribution is 9.11. The molecule has 0 spiro atoms. The first kappa shape index (κ1) is 15.2. The van der Waals surface area contributed by atoms with Gasteiger partial charge < -0.3 is 5.32 Å². The molecule has 2 aromatic rings. The summed E-state index contributed by atoms with van der Waals surface area (Å²) >= 11 is 9.05. The monoisotopic (exact) mass is 401 g/mol. The molecule has 1 nitrogen and oxygen atoms in total. The van der Waals surface area contributed by atoms with Crippen molar-refractivity contribution < 1.29 is 0 Å². The summed E-state index contributed by atoms with van der Waals surface area (Å²) in [5.41, 5.74) is 2.65. The van der Waals surface area contributed by atoms with Crippen molar-refractivity contribution in [2.45, 2.75) is 26.3 Å². The van der Waals surface area contributed by atoms with Crippen LogP contribution in [0.4, 0.5) is 0 Å². The molecule has 1 unspecified atom stereocenters. The van der Waals surface area contributed by atoms with Gasteiger partial charge in [0.25, 0.3) is 0 Å². The molecule has 0 bridgehead atoms. The van der Waals surface area contributed by atoms with Gasteiger partial charge in [-0.3, -0.25) is 0 Å². The summed E-state index contributed by atoms with van der Waals surface area (Å²) in [6.45, 7) is 5.39. The van der Waals surface area contributed by atoms with Crippen molar-refractivity contribution in [3.8, 4) is 0 Å². The van der Waals surface area contributed by atoms with Gasteiger partial charge in [-0.25, -0.2) is 0 Å². The van der Waals surface area contributed by atoms with E-state index in [1.54, 1.807) is 11.3 Å². The molecule has 0 radical (unpaired) electrons. The van der Waals surface area contributed by atoms with E-state index in [4.69, 9.17) is 0 Å². The van der Waals surface area contributed by atoms with Crippen molar-refractivity contribution in [1.82, 2.24) is 5.32 Å². The Labute approximate surface area is 135 Å². The van der Waals surface area contributed by atoms with Gasteiger partial charge in [0.2, 0.25) is 0 Å². The van der Waals surface area contributed by atoms with Crippen LogP contribution in [-0.2, 0) is 0 Å². The molecule has 0 aliphatic rings. The predicted molar refractivity (Wildman–Crippen MR) is 91.0 cm³/mol. The van der Waals surface area contributed by atoms with Gasteiger partial charge in [-0.05, 0) is 59.1 Å². The Balaban J connectivity index is 2.41. The number of rotatable bonds is 5. The molecule has 0 saturated carbocycles. The standard InChI is InChI=1S/C15H17Br2NS/c1-3-8-18-15(11-6-4-5-7-13(11)16)12-9-14(17)19-10(12)2/h4-7,9,15,18H,3,8H2,1-2H3. The molecule has 0 aliphatic carbocycles. The molecular weight excluding hydrogens is 386 g/mol. The van der Waals surface area contributed by atoms with E-state index in [9.17, 15) is 0 Å². The molecule has 2 rings (SSSR count). The average Bonchev–Trinajstić information content (AvgIpc) is 2.71. The maximum atomic E-state index is 3.67. The minimum absolute atomic E-state index is 0.248. The molecular formula is C15H17Br2NS. The fourth-order valence-corrected chi connectivity index (χ4v) is 4.39. The van der Waals surface area contributed by atoms with E-state index < -0.39 is 0 Å². The minimum Gasteiger partial charge on any atom is -0.306 e. The van der Waals surface area contributed by atoms with E-state index in [1.165, 1.54) is 19.8 Å². The zero-order valence-electron chi connectivity index (χ0n) is 11.0. The normalized spacial score (nSPS) is 12.6. The topological polar surface area (TPSA) is 12.0 Å². The molecule has 1 aromatic carbocycles. The Morgan fingerprint density at radius 2 is 1.95 bits per heavy atom. The molecule has 1 N–H and O–H groups in total. The van der Waals surface area contributed by atoms with Crippen LogP contribution >= 0.6 is 43.2 Å². The zero-order chi connectivity index (χ0) is 13.8. The van der Waals surface area contributed by atoms with Gasteiger partial charge in [0, 0.05) is 9.35 Å². The Morgan fingerprint density at radius 3 is 2.53 bits per heavy atom. The van der Waals surface area contributed by atoms with Gasteiger partial charge in [0.1, 0.15) is 0 Å². The van der Waals surface area contributed by atoms with E-state index in [0.717, 1.165) is 17.4 Å². The second kappa shape index (κ2) is 7.02.